The summed E-state index contributed by atoms with van der Waals surface area (Å²) in [5, 5.41) is 11.6. The van der Waals surface area contributed by atoms with E-state index < -0.39 is 5.92 Å². The van der Waals surface area contributed by atoms with Crippen LogP contribution in [0.1, 0.15) is 11.1 Å². The molecule has 0 aliphatic carbocycles. The SMILES string of the molecule is COc1ccc(C)c2c1NC(=O)C(C#N)C2. The third-order valence-corrected chi connectivity index (χ3v) is 2.86. The minimum atomic E-state index is -0.599. The Morgan fingerprint density at radius 1 is 1.56 bits per heavy atom. The van der Waals surface area contributed by atoms with Crippen LogP contribution in [0.4, 0.5) is 5.69 Å². The molecular weight excluding hydrogens is 204 g/mol. The van der Waals surface area contributed by atoms with Gasteiger partial charge >= 0.3 is 0 Å². The van der Waals surface area contributed by atoms with Crippen molar-refractivity contribution >= 4 is 11.6 Å². The highest BCUT2D eigenvalue weighted by Crippen LogP contribution is 2.35. The fourth-order valence-electron chi connectivity index (χ4n) is 1.91. The van der Waals surface area contributed by atoms with Gasteiger partial charge in [-0.05, 0) is 30.5 Å². The van der Waals surface area contributed by atoms with Crippen molar-refractivity contribution in [2.45, 2.75) is 13.3 Å². The van der Waals surface area contributed by atoms with Gasteiger partial charge in [-0.15, -0.1) is 0 Å². The number of benzene rings is 1. The molecular formula is C12H12N2O2. The van der Waals surface area contributed by atoms with Gasteiger partial charge in [0.05, 0.1) is 18.9 Å². The van der Waals surface area contributed by atoms with Crippen molar-refractivity contribution in [2.24, 2.45) is 5.92 Å². The zero-order valence-electron chi connectivity index (χ0n) is 9.20. The van der Waals surface area contributed by atoms with E-state index in [0.717, 1.165) is 11.1 Å². The molecule has 0 saturated carbocycles. The largest absolute Gasteiger partial charge is 0.495 e. The molecule has 1 N–H and O–H groups in total. The molecule has 1 aromatic carbocycles. The van der Waals surface area contributed by atoms with Crippen LogP contribution in [-0.4, -0.2) is 13.0 Å². The number of carbonyl (C=O) groups is 1. The Labute approximate surface area is 93.8 Å². The number of hydrogen-bond acceptors (Lipinski definition) is 3. The van der Waals surface area contributed by atoms with Crippen molar-refractivity contribution < 1.29 is 9.53 Å². The van der Waals surface area contributed by atoms with E-state index in [4.69, 9.17) is 10.00 Å². The lowest BCUT2D eigenvalue weighted by molar-refractivity contribution is -0.118. The van der Waals surface area contributed by atoms with Crippen molar-refractivity contribution in [3.63, 3.8) is 0 Å². The molecule has 1 aliphatic heterocycles. The number of carbonyl (C=O) groups excluding carboxylic acids is 1. The van der Waals surface area contributed by atoms with Crippen molar-refractivity contribution in [3.8, 4) is 11.8 Å². The van der Waals surface area contributed by atoms with Gasteiger partial charge in [0, 0.05) is 0 Å². The molecule has 4 heteroatoms. The quantitative estimate of drug-likeness (QED) is 0.776. The maximum Gasteiger partial charge on any atom is 0.242 e. The molecule has 0 bridgehead atoms. The summed E-state index contributed by atoms with van der Waals surface area (Å²) < 4.78 is 5.19. The molecule has 1 amide bonds. The number of nitriles is 1. The highest BCUT2D eigenvalue weighted by atomic mass is 16.5. The van der Waals surface area contributed by atoms with E-state index in [2.05, 4.69) is 5.32 Å². The molecule has 0 aromatic heterocycles. The molecule has 0 saturated heterocycles. The van der Waals surface area contributed by atoms with Crippen LogP contribution in [0.3, 0.4) is 0 Å². The number of fused-ring (bicyclic) bond motifs is 1. The molecule has 0 fully saturated rings. The van der Waals surface area contributed by atoms with Crippen LogP contribution in [0.2, 0.25) is 0 Å². The third-order valence-electron chi connectivity index (χ3n) is 2.86. The van der Waals surface area contributed by atoms with Crippen molar-refractivity contribution in [2.75, 3.05) is 12.4 Å². The average molecular weight is 216 g/mol. The molecule has 0 radical (unpaired) electrons. The molecule has 82 valence electrons. The van der Waals surface area contributed by atoms with E-state index in [1.807, 2.05) is 25.1 Å². The second kappa shape index (κ2) is 3.86. The van der Waals surface area contributed by atoms with Gasteiger partial charge < -0.3 is 10.1 Å². The van der Waals surface area contributed by atoms with Gasteiger partial charge in [0.1, 0.15) is 11.7 Å². The number of nitrogens with one attached hydrogen (secondary N) is 1. The highest BCUT2D eigenvalue weighted by Gasteiger charge is 2.28. The van der Waals surface area contributed by atoms with Crippen LogP contribution < -0.4 is 10.1 Å². The normalized spacial score (nSPS) is 18.3. The first-order valence-corrected chi connectivity index (χ1v) is 5.04. The lowest BCUT2D eigenvalue weighted by atomic mass is 9.91. The molecule has 1 heterocycles. The van der Waals surface area contributed by atoms with E-state index in [0.29, 0.717) is 17.9 Å². The van der Waals surface area contributed by atoms with Crippen molar-refractivity contribution in [1.82, 2.24) is 0 Å². The lowest BCUT2D eigenvalue weighted by Gasteiger charge is -2.23. The van der Waals surface area contributed by atoms with Gasteiger partial charge in [-0.3, -0.25) is 4.79 Å². The van der Waals surface area contributed by atoms with E-state index >= 15 is 0 Å². The lowest BCUT2D eigenvalue weighted by Crippen LogP contribution is -2.29. The molecule has 4 nitrogen and oxygen atoms in total. The second-order valence-corrected chi connectivity index (χ2v) is 3.81. The van der Waals surface area contributed by atoms with Gasteiger partial charge in [0.15, 0.2) is 0 Å². The summed E-state index contributed by atoms with van der Waals surface area (Å²) in [4.78, 5) is 11.6. The summed E-state index contributed by atoms with van der Waals surface area (Å²) in [6, 6.07) is 5.76. The first-order valence-electron chi connectivity index (χ1n) is 5.04. The zero-order chi connectivity index (χ0) is 11.7. The summed E-state index contributed by atoms with van der Waals surface area (Å²) in [5.41, 5.74) is 2.76. The Bertz CT molecular complexity index is 489. The van der Waals surface area contributed by atoms with Crippen LogP contribution in [0.15, 0.2) is 12.1 Å². The number of ether oxygens (including phenoxy) is 1. The van der Waals surface area contributed by atoms with Crippen LogP contribution in [-0.2, 0) is 11.2 Å². The molecule has 1 aromatic rings. The van der Waals surface area contributed by atoms with Gasteiger partial charge in [0.25, 0.3) is 0 Å². The minimum absolute atomic E-state index is 0.251. The fraction of sp³-hybridized carbons (Fsp3) is 0.333. The smallest absolute Gasteiger partial charge is 0.242 e. The average Bonchev–Trinajstić information content (AvgIpc) is 2.29. The van der Waals surface area contributed by atoms with E-state index in [1.165, 1.54) is 0 Å². The van der Waals surface area contributed by atoms with Gasteiger partial charge in [-0.25, -0.2) is 0 Å². The zero-order valence-corrected chi connectivity index (χ0v) is 9.20. The number of anilines is 1. The number of amides is 1. The van der Waals surface area contributed by atoms with Crippen LogP contribution in [0.5, 0.6) is 5.75 Å². The molecule has 0 spiro atoms. The summed E-state index contributed by atoms with van der Waals surface area (Å²) in [6.45, 7) is 1.96. The first kappa shape index (κ1) is 10.5. The molecule has 1 unspecified atom stereocenters. The number of rotatable bonds is 1. The number of methoxy groups -OCH3 is 1. The third kappa shape index (κ3) is 1.50. The Morgan fingerprint density at radius 2 is 2.31 bits per heavy atom. The van der Waals surface area contributed by atoms with E-state index in [-0.39, 0.29) is 5.91 Å². The molecule has 2 rings (SSSR count). The molecule has 16 heavy (non-hydrogen) atoms. The van der Waals surface area contributed by atoms with Crippen LogP contribution >= 0.6 is 0 Å². The maximum absolute atomic E-state index is 11.6. The summed E-state index contributed by atoms with van der Waals surface area (Å²) in [5.74, 6) is -0.206. The Balaban J connectivity index is 2.54. The Kier molecular flexibility index (Phi) is 2.53. The van der Waals surface area contributed by atoms with E-state index in [1.54, 1.807) is 7.11 Å². The summed E-state index contributed by atoms with van der Waals surface area (Å²) >= 11 is 0. The maximum atomic E-state index is 11.6. The molecule has 1 aliphatic rings. The first-order chi connectivity index (χ1) is 7.67. The monoisotopic (exact) mass is 216 g/mol. The standard InChI is InChI=1S/C12H12N2O2/c1-7-3-4-10(16-2)11-9(7)5-8(6-13)12(15)14-11/h3-4,8H,5H2,1-2H3,(H,14,15). The predicted molar refractivity (Wildman–Crippen MR) is 59.2 cm³/mol. The van der Waals surface area contributed by atoms with E-state index in [9.17, 15) is 4.79 Å². The minimum Gasteiger partial charge on any atom is -0.495 e. The topological polar surface area (TPSA) is 62.1 Å². The van der Waals surface area contributed by atoms with Gasteiger partial charge in [-0.1, -0.05) is 6.07 Å². The Morgan fingerprint density at radius 3 is 2.94 bits per heavy atom. The fourth-order valence-corrected chi connectivity index (χ4v) is 1.91. The predicted octanol–water partition coefficient (Wildman–Crippen LogP) is 1.64. The van der Waals surface area contributed by atoms with Gasteiger partial charge in [0.2, 0.25) is 5.91 Å². The van der Waals surface area contributed by atoms with Gasteiger partial charge in [-0.2, -0.15) is 5.26 Å². The van der Waals surface area contributed by atoms with Crippen molar-refractivity contribution in [1.29, 1.82) is 5.26 Å². The number of aryl methyl sites for hydroxylation is 1. The molecule has 1 atom stereocenters. The van der Waals surface area contributed by atoms with Crippen molar-refractivity contribution in [3.05, 3.63) is 23.3 Å². The summed E-state index contributed by atoms with van der Waals surface area (Å²) in [7, 11) is 1.56. The number of nitrogens with zero attached hydrogens (tertiary/aromatic N) is 1. The number of hydrogen-bond donors (Lipinski definition) is 1. The Hall–Kier alpha value is -2.02. The highest BCUT2D eigenvalue weighted by molar-refractivity contribution is 5.99. The van der Waals surface area contributed by atoms with Crippen LogP contribution in [0.25, 0.3) is 0 Å². The van der Waals surface area contributed by atoms with Crippen LogP contribution in [0, 0.1) is 24.2 Å². The summed E-state index contributed by atoms with van der Waals surface area (Å²) in [6.07, 6.45) is 0.459. The second-order valence-electron chi connectivity index (χ2n) is 3.81.